The summed E-state index contributed by atoms with van der Waals surface area (Å²) in [5, 5.41) is 5.81. The first-order valence-corrected chi connectivity index (χ1v) is 8.61. The third-order valence-corrected chi connectivity index (χ3v) is 4.15. The van der Waals surface area contributed by atoms with Gasteiger partial charge in [-0.15, -0.1) is 0 Å². The molecule has 2 N–H and O–H groups in total. The average Bonchev–Trinajstić information content (AvgIpc) is 3.15. The summed E-state index contributed by atoms with van der Waals surface area (Å²) >= 11 is 0. The van der Waals surface area contributed by atoms with E-state index in [0.29, 0.717) is 24.7 Å². The predicted octanol–water partition coefficient (Wildman–Crippen LogP) is 2.51. The highest BCUT2D eigenvalue weighted by Crippen LogP contribution is 2.20. The predicted molar refractivity (Wildman–Crippen MR) is 95.4 cm³/mol. The molecule has 0 spiro atoms. The molecule has 0 bridgehead atoms. The second-order valence-electron chi connectivity index (χ2n) is 6.16. The number of hydrogen-bond acceptors (Lipinski definition) is 5. The van der Waals surface area contributed by atoms with Gasteiger partial charge in [-0.3, -0.25) is 4.79 Å². The summed E-state index contributed by atoms with van der Waals surface area (Å²) in [6.45, 7) is 4.61. The number of carbonyl (C=O) groups is 1. The molecule has 1 aliphatic rings. The van der Waals surface area contributed by atoms with Gasteiger partial charge in [-0.25, -0.2) is 18.7 Å². The van der Waals surface area contributed by atoms with E-state index in [1.165, 1.54) is 18.9 Å². The maximum Gasteiger partial charge on any atom is 0.251 e. The van der Waals surface area contributed by atoms with Crippen molar-refractivity contribution >= 4 is 17.5 Å². The number of halogens is 2. The maximum absolute atomic E-state index is 13.2. The zero-order chi connectivity index (χ0) is 18.5. The van der Waals surface area contributed by atoms with Crippen LogP contribution in [0.5, 0.6) is 0 Å². The van der Waals surface area contributed by atoms with E-state index in [-0.39, 0.29) is 5.56 Å². The molecule has 1 amide bonds. The number of nitrogens with zero attached hydrogens (tertiary/aromatic N) is 3. The van der Waals surface area contributed by atoms with Gasteiger partial charge in [0.2, 0.25) is 0 Å². The van der Waals surface area contributed by atoms with Crippen molar-refractivity contribution in [2.75, 3.05) is 36.4 Å². The quantitative estimate of drug-likeness (QED) is 0.774. The Kier molecular flexibility index (Phi) is 5.60. The zero-order valence-corrected chi connectivity index (χ0v) is 14.6. The highest BCUT2D eigenvalue weighted by molar-refractivity contribution is 5.94. The number of aromatic nitrogens is 2. The molecule has 1 saturated heterocycles. The van der Waals surface area contributed by atoms with Crippen molar-refractivity contribution < 1.29 is 13.6 Å². The number of nitrogens with one attached hydrogen (secondary N) is 2. The smallest absolute Gasteiger partial charge is 0.251 e. The van der Waals surface area contributed by atoms with Crippen molar-refractivity contribution in [1.29, 1.82) is 0 Å². The lowest BCUT2D eigenvalue weighted by Gasteiger charge is -2.17. The van der Waals surface area contributed by atoms with E-state index in [9.17, 15) is 13.6 Å². The van der Waals surface area contributed by atoms with Crippen LogP contribution in [-0.4, -0.2) is 42.1 Å². The number of hydrogen-bond donors (Lipinski definition) is 2. The molecule has 0 saturated carbocycles. The molecular formula is C18H21F2N5O. The van der Waals surface area contributed by atoms with Crippen molar-refractivity contribution in [1.82, 2.24) is 15.3 Å². The fourth-order valence-electron chi connectivity index (χ4n) is 2.86. The lowest BCUT2D eigenvalue weighted by Crippen LogP contribution is -2.29. The number of carbonyl (C=O) groups excluding carboxylic acids is 1. The minimum absolute atomic E-state index is 0.0816. The molecule has 0 aliphatic carbocycles. The van der Waals surface area contributed by atoms with Crippen molar-refractivity contribution in [3.05, 3.63) is 47.3 Å². The molecule has 1 aromatic carbocycles. The highest BCUT2D eigenvalue weighted by atomic mass is 19.2. The second kappa shape index (κ2) is 8.07. The van der Waals surface area contributed by atoms with Gasteiger partial charge in [-0.2, -0.15) is 0 Å². The Bertz CT molecular complexity index is 793. The number of anilines is 2. The Morgan fingerprint density at radius 3 is 2.62 bits per heavy atom. The first kappa shape index (κ1) is 18.0. The number of benzene rings is 1. The maximum atomic E-state index is 13.2. The molecule has 1 aromatic heterocycles. The van der Waals surface area contributed by atoms with Gasteiger partial charge in [0.1, 0.15) is 17.5 Å². The van der Waals surface area contributed by atoms with E-state index in [2.05, 4.69) is 25.5 Å². The zero-order valence-electron chi connectivity index (χ0n) is 14.6. The summed E-state index contributed by atoms with van der Waals surface area (Å²) in [4.78, 5) is 23.0. The molecule has 3 rings (SSSR count). The molecule has 2 aromatic rings. The van der Waals surface area contributed by atoms with Crippen molar-refractivity contribution in [3.8, 4) is 0 Å². The Morgan fingerprint density at radius 1 is 1.12 bits per heavy atom. The van der Waals surface area contributed by atoms with E-state index < -0.39 is 17.5 Å². The molecule has 0 unspecified atom stereocenters. The van der Waals surface area contributed by atoms with Gasteiger partial charge in [0, 0.05) is 37.8 Å². The molecule has 138 valence electrons. The largest absolute Gasteiger partial charge is 0.368 e. The topological polar surface area (TPSA) is 70.2 Å². The lowest BCUT2D eigenvalue weighted by atomic mass is 10.2. The van der Waals surface area contributed by atoms with Crippen LogP contribution >= 0.6 is 0 Å². The van der Waals surface area contributed by atoms with Crippen molar-refractivity contribution in [2.45, 2.75) is 19.8 Å². The van der Waals surface area contributed by atoms with Crippen LogP contribution in [-0.2, 0) is 0 Å². The van der Waals surface area contributed by atoms with Crippen LogP contribution in [0.25, 0.3) is 0 Å². The van der Waals surface area contributed by atoms with E-state index in [0.717, 1.165) is 31.0 Å². The molecule has 1 aliphatic heterocycles. The van der Waals surface area contributed by atoms with Crippen LogP contribution in [0.3, 0.4) is 0 Å². The summed E-state index contributed by atoms with van der Waals surface area (Å²) < 4.78 is 26.1. The summed E-state index contributed by atoms with van der Waals surface area (Å²) in [6.07, 6.45) is 2.34. The van der Waals surface area contributed by atoms with Gasteiger partial charge in [0.05, 0.1) is 0 Å². The summed E-state index contributed by atoms with van der Waals surface area (Å²) in [6, 6.07) is 4.97. The van der Waals surface area contributed by atoms with Gasteiger partial charge in [-0.1, -0.05) is 0 Å². The molecular weight excluding hydrogens is 340 g/mol. The SMILES string of the molecule is Cc1nc(NCCNC(=O)c2ccc(F)c(F)c2)cc(N2CCCC2)n1. The minimum atomic E-state index is -1.04. The van der Waals surface area contributed by atoms with Gasteiger partial charge in [0.25, 0.3) is 5.91 Å². The van der Waals surface area contributed by atoms with Gasteiger partial charge in [0.15, 0.2) is 11.6 Å². The Labute approximate surface area is 150 Å². The Balaban J connectivity index is 1.51. The molecule has 0 radical (unpaired) electrons. The fraction of sp³-hybridized carbons (Fsp3) is 0.389. The Hall–Kier alpha value is -2.77. The second-order valence-corrected chi connectivity index (χ2v) is 6.16. The summed E-state index contributed by atoms with van der Waals surface area (Å²) in [5.74, 6) is -0.187. The van der Waals surface area contributed by atoms with Gasteiger partial charge < -0.3 is 15.5 Å². The monoisotopic (exact) mass is 361 g/mol. The normalized spacial score (nSPS) is 13.7. The van der Waals surface area contributed by atoms with Gasteiger partial charge in [-0.05, 0) is 38.0 Å². The van der Waals surface area contributed by atoms with E-state index >= 15 is 0 Å². The van der Waals surface area contributed by atoms with E-state index in [1.54, 1.807) is 0 Å². The summed E-state index contributed by atoms with van der Waals surface area (Å²) in [7, 11) is 0. The van der Waals surface area contributed by atoms with Crippen LogP contribution in [0.2, 0.25) is 0 Å². The average molecular weight is 361 g/mol. The first-order chi connectivity index (χ1) is 12.5. The minimum Gasteiger partial charge on any atom is -0.368 e. The van der Waals surface area contributed by atoms with Crippen LogP contribution in [0.15, 0.2) is 24.3 Å². The molecule has 6 nitrogen and oxygen atoms in total. The lowest BCUT2D eigenvalue weighted by molar-refractivity contribution is 0.0954. The van der Waals surface area contributed by atoms with Crippen molar-refractivity contribution in [3.63, 3.8) is 0 Å². The molecule has 26 heavy (non-hydrogen) atoms. The Morgan fingerprint density at radius 2 is 1.88 bits per heavy atom. The number of amides is 1. The number of rotatable bonds is 6. The molecule has 2 heterocycles. The van der Waals surface area contributed by atoms with Crippen LogP contribution in [0, 0.1) is 18.6 Å². The van der Waals surface area contributed by atoms with E-state index in [4.69, 9.17) is 0 Å². The fourth-order valence-corrected chi connectivity index (χ4v) is 2.86. The molecule has 8 heteroatoms. The van der Waals surface area contributed by atoms with Crippen LogP contribution < -0.4 is 15.5 Å². The molecule has 1 fully saturated rings. The number of aryl methyl sites for hydroxylation is 1. The third kappa shape index (κ3) is 4.44. The van der Waals surface area contributed by atoms with E-state index in [1.807, 2.05) is 13.0 Å². The highest BCUT2D eigenvalue weighted by Gasteiger charge is 2.15. The first-order valence-electron chi connectivity index (χ1n) is 8.61. The van der Waals surface area contributed by atoms with Gasteiger partial charge >= 0.3 is 0 Å². The van der Waals surface area contributed by atoms with Crippen LogP contribution in [0.4, 0.5) is 20.4 Å². The molecule has 0 atom stereocenters. The third-order valence-electron chi connectivity index (χ3n) is 4.15. The summed E-state index contributed by atoms with van der Waals surface area (Å²) in [5.41, 5.74) is 0.0816. The van der Waals surface area contributed by atoms with Crippen LogP contribution in [0.1, 0.15) is 29.0 Å². The standard InChI is InChI=1S/C18H21F2N5O/c1-12-23-16(11-17(24-12)25-8-2-3-9-25)21-6-7-22-18(26)13-4-5-14(19)15(20)10-13/h4-5,10-11H,2-3,6-9H2,1H3,(H,22,26)(H,21,23,24). The van der Waals surface area contributed by atoms with Crippen molar-refractivity contribution in [2.24, 2.45) is 0 Å².